The molecule has 1 heterocycles. The third-order valence-corrected chi connectivity index (χ3v) is 2.04. The molecule has 72 valence electrons. The number of aromatic amines is 1. The summed E-state index contributed by atoms with van der Waals surface area (Å²) in [5.41, 5.74) is 6.29. The summed E-state index contributed by atoms with van der Waals surface area (Å²) in [7, 11) is 0. The summed E-state index contributed by atoms with van der Waals surface area (Å²) < 4.78 is 0. The van der Waals surface area contributed by atoms with Crippen LogP contribution < -0.4 is 5.73 Å². The van der Waals surface area contributed by atoms with Crippen LogP contribution >= 0.6 is 11.6 Å². The third kappa shape index (κ3) is 1.76. The molecule has 0 aliphatic rings. The van der Waals surface area contributed by atoms with Crippen LogP contribution in [-0.2, 0) is 6.54 Å². The molecule has 0 fully saturated rings. The molecule has 0 bridgehead atoms. The first-order valence-electron chi connectivity index (χ1n) is 4.17. The maximum absolute atomic E-state index is 5.84. The van der Waals surface area contributed by atoms with Gasteiger partial charge in [0.2, 0.25) is 0 Å². The number of H-pyrrole nitrogens is 1. The fourth-order valence-electron chi connectivity index (χ4n) is 1.14. The minimum absolute atomic E-state index is 0.355. The van der Waals surface area contributed by atoms with Gasteiger partial charge in [-0.2, -0.15) is 5.10 Å². The monoisotopic (exact) mass is 208 g/mol. The number of hydrogen-bond donors (Lipinski definition) is 2. The average Bonchev–Trinajstić information content (AvgIpc) is 2.66. The third-order valence-electron chi connectivity index (χ3n) is 1.81. The van der Waals surface area contributed by atoms with Crippen molar-refractivity contribution >= 4 is 11.6 Å². The van der Waals surface area contributed by atoms with Crippen LogP contribution in [0.4, 0.5) is 0 Å². The fraction of sp³-hybridized carbons (Fsp3) is 0.111. The molecule has 0 spiro atoms. The molecule has 0 radical (unpaired) electrons. The van der Waals surface area contributed by atoms with Crippen molar-refractivity contribution in [2.75, 3.05) is 0 Å². The molecule has 4 nitrogen and oxygen atoms in total. The number of halogens is 1. The van der Waals surface area contributed by atoms with Gasteiger partial charge in [0, 0.05) is 10.6 Å². The van der Waals surface area contributed by atoms with E-state index < -0.39 is 0 Å². The summed E-state index contributed by atoms with van der Waals surface area (Å²) in [6.45, 7) is 0.355. The molecule has 14 heavy (non-hydrogen) atoms. The van der Waals surface area contributed by atoms with E-state index in [1.54, 1.807) is 0 Å². The Kier molecular flexibility index (Phi) is 2.47. The zero-order valence-corrected chi connectivity index (χ0v) is 8.12. The molecule has 0 aliphatic heterocycles. The first-order valence-corrected chi connectivity index (χ1v) is 4.54. The van der Waals surface area contributed by atoms with Gasteiger partial charge >= 0.3 is 0 Å². The molecule has 5 heteroatoms. The summed E-state index contributed by atoms with van der Waals surface area (Å²) in [4.78, 5) is 4.19. The quantitative estimate of drug-likeness (QED) is 0.788. The summed E-state index contributed by atoms with van der Waals surface area (Å²) >= 11 is 5.84. The van der Waals surface area contributed by atoms with Crippen molar-refractivity contribution in [1.82, 2.24) is 15.2 Å². The van der Waals surface area contributed by atoms with Crippen LogP contribution in [0, 0.1) is 0 Å². The van der Waals surface area contributed by atoms with Gasteiger partial charge in [-0.05, 0) is 12.1 Å². The molecule has 0 aliphatic carbocycles. The van der Waals surface area contributed by atoms with Gasteiger partial charge in [0.25, 0.3) is 0 Å². The number of rotatable bonds is 2. The van der Waals surface area contributed by atoms with E-state index in [1.807, 2.05) is 24.3 Å². The smallest absolute Gasteiger partial charge is 0.181 e. The van der Waals surface area contributed by atoms with E-state index in [0.717, 1.165) is 5.56 Å². The maximum Gasteiger partial charge on any atom is 0.181 e. The number of aromatic nitrogens is 3. The molecule has 3 N–H and O–H groups in total. The second kappa shape index (κ2) is 3.77. The van der Waals surface area contributed by atoms with E-state index in [4.69, 9.17) is 17.3 Å². The lowest BCUT2D eigenvalue weighted by Gasteiger charge is -1.94. The zero-order chi connectivity index (χ0) is 9.97. The van der Waals surface area contributed by atoms with Gasteiger partial charge in [0.15, 0.2) is 5.82 Å². The average molecular weight is 209 g/mol. The molecule has 1 aromatic heterocycles. The van der Waals surface area contributed by atoms with Gasteiger partial charge in [0.05, 0.1) is 6.54 Å². The Morgan fingerprint density at radius 1 is 1.43 bits per heavy atom. The fourth-order valence-corrected chi connectivity index (χ4v) is 1.33. The number of nitrogens with one attached hydrogen (secondary N) is 1. The lowest BCUT2D eigenvalue weighted by Crippen LogP contribution is -1.97. The van der Waals surface area contributed by atoms with Gasteiger partial charge < -0.3 is 5.73 Å². The standard InChI is InChI=1S/C9H9ClN4/c10-7-3-1-2-6(4-7)9-12-8(5-11)13-14-9/h1-4H,5,11H2,(H,12,13,14). The number of nitrogens with zero attached hydrogens (tertiary/aromatic N) is 2. The van der Waals surface area contributed by atoms with Crippen molar-refractivity contribution in [3.63, 3.8) is 0 Å². The van der Waals surface area contributed by atoms with Crippen molar-refractivity contribution in [2.24, 2.45) is 5.73 Å². The van der Waals surface area contributed by atoms with Crippen LogP contribution in [0.15, 0.2) is 24.3 Å². The first-order chi connectivity index (χ1) is 6.79. The van der Waals surface area contributed by atoms with Gasteiger partial charge in [-0.3, -0.25) is 5.10 Å². The van der Waals surface area contributed by atoms with E-state index >= 15 is 0 Å². The number of hydrogen-bond acceptors (Lipinski definition) is 3. The Balaban J connectivity index is 2.39. The summed E-state index contributed by atoms with van der Waals surface area (Å²) in [6, 6.07) is 7.37. The summed E-state index contributed by atoms with van der Waals surface area (Å²) in [5, 5.41) is 7.44. The molecule has 0 atom stereocenters. The highest BCUT2D eigenvalue weighted by Crippen LogP contribution is 2.18. The maximum atomic E-state index is 5.84. The van der Waals surface area contributed by atoms with E-state index in [9.17, 15) is 0 Å². The highest BCUT2D eigenvalue weighted by molar-refractivity contribution is 6.30. The Labute approximate surface area is 86.1 Å². The van der Waals surface area contributed by atoms with Crippen LogP contribution in [0.2, 0.25) is 5.02 Å². The van der Waals surface area contributed by atoms with E-state index in [1.165, 1.54) is 0 Å². The molecule has 2 rings (SSSR count). The second-order valence-electron chi connectivity index (χ2n) is 2.82. The Hall–Kier alpha value is -1.39. The molecular weight excluding hydrogens is 200 g/mol. The highest BCUT2D eigenvalue weighted by Gasteiger charge is 2.04. The van der Waals surface area contributed by atoms with E-state index in [2.05, 4.69) is 15.2 Å². The number of nitrogens with two attached hydrogens (primary N) is 1. The molecule has 0 amide bonds. The zero-order valence-electron chi connectivity index (χ0n) is 7.37. The molecule has 1 aromatic carbocycles. The van der Waals surface area contributed by atoms with Crippen LogP contribution in [0.25, 0.3) is 11.4 Å². The largest absolute Gasteiger partial charge is 0.324 e. The molecular formula is C9H9ClN4. The molecule has 2 aromatic rings. The van der Waals surface area contributed by atoms with E-state index in [0.29, 0.717) is 23.2 Å². The normalized spacial score (nSPS) is 10.4. The minimum atomic E-state index is 0.355. The Morgan fingerprint density at radius 2 is 2.29 bits per heavy atom. The predicted molar refractivity (Wildman–Crippen MR) is 54.7 cm³/mol. The van der Waals surface area contributed by atoms with Crippen molar-refractivity contribution in [1.29, 1.82) is 0 Å². The van der Waals surface area contributed by atoms with Crippen molar-refractivity contribution in [3.05, 3.63) is 35.1 Å². The second-order valence-corrected chi connectivity index (χ2v) is 3.26. The van der Waals surface area contributed by atoms with Gasteiger partial charge in [-0.1, -0.05) is 23.7 Å². The lowest BCUT2D eigenvalue weighted by molar-refractivity contribution is 0.917. The van der Waals surface area contributed by atoms with Crippen LogP contribution in [-0.4, -0.2) is 15.2 Å². The summed E-state index contributed by atoms with van der Waals surface area (Å²) in [5.74, 6) is 1.29. The topological polar surface area (TPSA) is 67.6 Å². The van der Waals surface area contributed by atoms with Gasteiger partial charge in [-0.25, -0.2) is 4.98 Å². The van der Waals surface area contributed by atoms with Crippen LogP contribution in [0.3, 0.4) is 0 Å². The highest BCUT2D eigenvalue weighted by atomic mass is 35.5. The number of benzene rings is 1. The van der Waals surface area contributed by atoms with Crippen LogP contribution in [0.1, 0.15) is 5.82 Å². The molecule has 0 unspecified atom stereocenters. The van der Waals surface area contributed by atoms with Crippen LogP contribution in [0.5, 0.6) is 0 Å². The Morgan fingerprint density at radius 3 is 2.93 bits per heavy atom. The molecule has 0 saturated carbocycles. The van der Waals surface area contributed by atoms with Gasteiger partial charge in [-0.15, -0.1) is 0 Å². The minimum Gasteiger partial charge on any atom is -0.324 e. The van der Waals surface area contributed by atoms with Crippen molar-refractivity contribution < 1.29 is 0 Å². The van der Waals surface area contributed by atoms with Crippen molar-refractivity contribution in [3.8, 4) is 11.4 Å². The Bertz CT molecular complexity index is 438. The first kappa shape index (κ1) is 9.18. The SMILES string of the molecule is NCc1nc(-c2cccc(Cl)c2)n[nH]1. The molecule has 0 saturated heterocycles. The van der Waals surface area contributed by atoms with Crippen molar-refractivity contribution in [2.45, 2.75) is 6.54 Å². The summed E-state index contributed by atoms with van der Waals surface area (Å²) in [6.07, 6.45) is 0. The van der Waals surface area contributed by atoms with E-state index in [-0.39, 0.29) is 0 Å². The predicted octanol–water partition coefficient (Wildman–Crippen LogP) is 1.58. The lowest BCUT2D eigenvalue weighted by atomic mass is 10.2. The van der Waals surface area contributed by atoms with Gasteiger partial charge in [0.1, 0.15) is 5.82 Å².